The molecule has 0 unspecified atom stereocenters. The van der Waals surface area contributed by atoms with E-state index in [2.05, 4.69) is 20.3 Å². The van der Waals surface area contributed by atoms with E-state index in [1.165, 1.54) is 25.3 Å². The highest BCUT2D eigenvalue weighted by Crippen LogP contribution is 2.41. The Hall–Kier alpha value is -4.85. The first-order valence-electron chi connectivity index (χ1n) is 14.1. The monoisotopic (exact) mass is 608 g/mol. The Morgan fingerprint density at radius 2 is 1.84 bits per heavy atom. The molecule has 0 radical (unpaired) electrons. The van der Waals surface area contributed by atoms with Crippen molar-refractivity contribution < 1.29 is 27.8 Å². The number of likely N-dealkylation sites (tertiary alicyclic amines) is 1. The van der Waals surface area contributed by atoms with Crippen LogP contribution in [0.4, 0.5) is 36.7 Å². The van der Waals surface area contributed by atoms with E-state index in [1.54, 1.807) is 41.6 Å². The molecule has 0 atom stereocenters. The molecule has 0 spiro atoms. The van der Waals surface area contributed by atoms with Gasteiger partial charge in [-0.25, -0.2) is 18.6 Å². The maximum Gasteiger partial charge on any atom is 0.330 e. The van der Waals surface area contributed by atoms with Gasteiger partial charge in [0.15, 0.2) is 23.1 Å². The van der Waals surface area contributed by atoms with Gasteiger partial charge in [-0.1, -0.05) is 6.08 Å². The van der Waals surface area contributed by atoms with Gasteiger partial charge in [-0.3, -0.25) is 19.6 Å². The first-order valence-corrected chi connectivity index (χ1v) is 14.1. The lowest BCUT2D eigenvalue weighted by Gasteiger charge is -2.43. The van der Waals surface area contributed by atoms with E-state index in [9.17, 15) is 9.59 Å². The number of pyridine rings is 1. The third-order valence-electron chi connectivity index (χ3n) is 7.45. The van der Waals surface area contributed by atoms with Crippen molar-refractivity contribution in [3.05, 3.63) is 66.1 Å². The first kappa shape index (κ1) is 30.6. The third kappa shape index (κ3) is 6.25. The highest BCUT2D eigenvalue weighted by atomic mass is 19.1. The zero-order chi connectivity index (χ0) is 31.4. The average Bonchev–Trinajstić information content (AvgIpc) is 3.02. The number of halogens is 2. The number of hydrogen-bond donors (Lipinski definition) is 1. The number of likely N-dealkylation sites (N-methyl/N-ethyl adjacent to an activating group) is 1. The molecular formula is C30H34F2N8O4. The predicted molar refractivity (Wildman–Crippen MR) is 160 cm³/mol. The SMILES string of the molecule is COc1cc(OC)c(F)c(N2Cc3cnc(Nc4cccnc4)nc3N(C3CCN(C(=O)/C=C/CN(C)C)CC3)C2=O)c1F. The van der Waals surface area contributed by atoms with E-state index >= 15 is 8.78 Å². The Kier molecular flexibility index (Phi) is 9.18. The molecule has 0 saturated carbocycles. The summed E-state index contributed by atoms with van der Waals surface area (Å²) < 4.78 is 41.5. The fourth-order valence-corrected chi connectivity index (χ4v) is 5.23. The third-order valence-corrected chi connectivity index (χ3v) is 7.45. The number of benzene rings is 1. The van der Waals surface area contributed by atoms with Crippen molar-refractivity contribution in [3.63, 3.8) is 0 Å². The normalized spacial score (nSPS) is 15.6. The number of carbonyl (C=O) groups is 2. The van der Waals surface area contributed by atoms with Gasteiger partial charge in [-0.2, -0.15) is 4.98 Å². The van der Waals surface area contributed by atoms with Gasteiger partial charge in [0.1, 0.15) is 11.5 Å². The predicted octanol–water partition coefficient (Wildman–Crippen LogP) is 3.97. The van der Waals surface area contributed by atoms with E-state index in [-0.39, 0.29) is 29.9 Å². The molecule has 12 nitrogen and oxygen atoms in total. The lowest BCUT2D eigenvalue weighted by molar-refractivity contribution is -0.127. The van der Waals surface area contributed by atoms with Crippen LogP contribution in [0.3, 0.4) is 0 Å². The van der Waals surface area contributed by atoms with Gasteiger partial charge in [-0.05, 0) is 39.1 Å². The van der Waals surface area contributed by atoms with Crippen LogP contribution in [0.2, 0.25) is 0 Å². The molecule has 5 rings (SSSR count). The summed E-state index contributed by atoms with van der Waals surface area (Å²) in [7, 11) is 6.32. The number of urea groups is 1. The molecule has 2 aliphatic rings. The van der Waals surface area contributed by atoms with E-state index in [4.69, 9.17) is 9.47 Å². The number of aromatic nitrogens is 3. The van der Waals surface area contributed by atoms with Crippen molar-refractivity contribution in [3.8, 4) is 11.5 Å². The Morgan fingerprint density at radius 1 is 1.14 bits per heavy atom. The number of nitrogens with one attached hydrogen (secondary N) is 1. The van der Waals surface area contributed by atoms with Crippen LogP contribution in [-0.2, 0) is 11.3 Å². The summed E-state index contributed by atoms with van der Waals surface area (Å²) in [4.78, 5) is 46.3. The number of rotatable bonds is 9. The van der Waals surface area contributed by atoms with Gasteiger partial charge in [0.2, 0.25) is 11.9 Å². The second-order valence-corrected chi connectivity index (χ2v) is 10.6. The van der Waals surface area contributed by atoms with Crippen LogP contribution in [0.5, 0.6) is 11.5 Å². The van der Waals surface area contributed by atoms with E-state index < -0.39 is 29.4 Å². The van der Waals surface area contributed by atoms with Crippen molar-refractivity contribution in [2.24, 2.45) is 0 Å². The number of hydrogen-bond acceptors (Lipinski definition) is 9. The van der Waals surface area contributed by atoms with Gasteiger partial charge >= 0.3 is 6.03 Å². The second-order valence-electron chi connectivity index (χ2n) is 10.6. The quantitative estimate of drug-likeness (QED) is 0.361. The highest BCUT2D eigenvalue weighted by Gasteiger charge is 2.41. The summed E-state index contributed by atoms with van der Waals surface area (Å²) in [5.41, 5.74) is 0.523. The topological polar surface area (TPSA) is 116 Å². The molecule has 232 valence electrons. The van der Waals surface area contributed by atoms with Crippen molar-refractivity contribution in [2.45, 2.75) is 25.4 Å². The van der Waals surface area contributed by atoms with Crippen LogP contribution >= 0.6 is 0 Å². The molecule has 2 aromatic heterocycles. The highest BCUT2D eigenvalue weighted by molar-refractivity contribution is 6.06. The zero-order valence-corrected chi connectivity index (χ0v) is 25.0. The van der Waals surface area contributed by atoms with Crippen LogP contribution in [0, 0.1) is 11.6 Å². The molecule has 1 aromatic carbocycles. The molecule has 14 heteroatoms. The van der Waals surface area contributed by atoms with E-state index in [0.717, 1.165) is 11.0 Å². The summed E-state index contributed by atoms with van der Waals surface area (Å²) in [6, 6.07) is 3.55. The lowest BCUT2D eigenvalue weighted by atomic mass is 10.0. The molecule has 2 aliphatic heterocycles. The van der Waals surface area contributed by atoms with Crippen molar-refractivity contribution in [1.29, 1.82) is 0 Å². The van der Waals surface area contributed by atoms with Crippen LogP contribution in [0.25, 0.3) is 0 Å². The smallest absolute Gasteiger partial charge is 0.330 e. The van der Waals surface area contributed by atoms with Crippen LogP contribution in [-0.4, -0.2) is 90.7 Å². The lowest BCUT2D eigenvalue weighted by Crippen LogP contribution is -2.56. The van der Waals surface area contributed by atoms with Gasteiger partial charge < -0.3 is 24.6 Å². The summed E-state index contributed by atoms with van der Waals surface area (Å²) >= 11 is 0. The summed E-state index contributed by atoms with van der Waals surface area (Å²) in [6.45, 7) is 1.21. The van der Waals surface area contributed by atoms with Crippen LogP contribution in [0.15, 0.2) is 48.9 Å². The standard InChI is InChI=1S/C30H34F2N8O4/c1-37(2)12-6-8-24(41)38-13-9-21(10-14-38)40-28-19(16-34-29(36-28)35-20-7-5-11-33-17-20)18-39(30(40)42)27-25(31)22(43-3)15-23(44-4)26(27)32/h5-8,11,15-17,21H,9-10,12-14,18H2,1-4H3,(H,34,35,36)/b8-6+. The summed E-state index contributed by atoms with van der Waals surface area (Å²) in [5.74, 6) is -2.20. The fraction of sp³-hybridized carbons (Fsp3) is 0.367. The number of nitrogens with zero attached hydrogens (tertiary/aromatic N) is 7. The maximum atomic E-state index is 15.6. The fourth-order valence-electron chi connectivity index (χ4n) is 5.23. The Balaban J connectivity index is 1.50. The van der Waals surface area contributed by atoms with E-state index in [1.807, 2.05) is 19.0 Å². The molecule has 0 bridgehead atoms. The van der Waals surface area contributed by atoms with Gasteiger partial charge in [-0.15, -0.1) is 0 Å². The Labute approximate surface area is 253 Å². The number of carbonyl (C=O) groups excluding carboxylic acids is 2. The van der Waals surface area contributed by atoms with Gasteiger partial charge in [0, 0.05) is 55.8 Å². The summed E-state index contributed by atoms with van der Waals surface area (Å²) in [5, 5.41) is 3.08. The number of anilines is 4. The number of amides is 3. The first-order chi connectivity index (χ1) is 21.2. The molecule has 44 heavy (non-hydrogen) atoms. The Morgan fingerprint density at radius 3 is 2.45 bits per heavy atom. The second kappa shape index (κ2) is 13.2. The largest absolute Gasteiger partial charge is 0.493 e. The number of methoxy groups -OCH3 is 2. The van der Waals surface area contributed by atoms with Crippen LogP contribution in [0.1, 0.15) is 18.4 Å². The minimum absolute atomic E-state index is 0.116. The van der Waals surface area contributed by atoms with Gasteiger partial charge in [0.25, 0.3) is 0 Å². The molecule has 1 N–H and O–H groups in total. The minimum Gasteiger partial charge on any atom is -0.493 e. The van der Waals surface area contributed by atoms with Gasteiger partial charge in [0.05, 0.1) is 32.6 Å². The number of piperidine rings is 1. The van der Waals surface area contributed by atoms with Crippen molar-refractivity contribution in [1.82, 2.24) is 24.8 Å². The number of ether oxygens (including phenoxy) is 2. The molecule has 3 aromatic rings. The number of fused-ring (bicyclic) bond motifs is 1. The molecule has 4 heterocycles. The molecule has 1 saturated heterocycles. The van der Waals surface area contributed by atoms with E-state index in [0.29, 0.717) is 49.5 Å². The average molecular weight is 609 g/mol. The maximum absolute atomic E-state index is 15.6. The Bertz CT molecular complexity index is 1520. The molecular weight excluding hydrogens is 574 g/mol. The minimum atomic E-state index is -1.04. The van der Waals surface area contributed by atoms with Crippen molar-refractivity contribution >= 4 is 35.1 Å². The summed E-state index contributed by atoms with van der Waals surface area (Å²) in [6.07, 6.45) is 8.96. The molecule has 3 amide bonds. The molecule has 1 fully saturated rings. The van der Waals surface area contributed by atoms with Crippen molar-refractivity contribution in [2.75, 3.05) is 63.1 Å². The van der Waals surface area contributed by atoms with Crippen LogP contribution < -0.4 is 24.6 Å². The zero-order valence-electron chi connectivity index (χ0n) is 25.0. The molecule has 0 aliphatic carbocycles.